The minimum atomic E-state index is -1.91. The van der Waals surface area contributed by atoms with Gasteiger partial charge in [-0.05, 0) is 41.3 Å². The first-order chi connectivity index (χ1) is 14.3. The average molecular weight is 437 g/mol. The van der Waals surface area contributed by atoms with E-state index >= 15 is 0 Å². The average Bonchev–Trinajstić information content (AvgIpc) is 2.72. The zero-order valence-corrected chi connectivity index (χ0v) is 16.3. The van der Waals surface area contributed by atoms with E-state index in [-0.39, 0.29) is 24.4 Å². The molecule has 0 aliphatic rings. The van der Waals surface area contributed by atoms with Crippen LogP contribution in [-0.4, -0.2) is 9.29 Å². The number of nitrogens with zero attached hydrogens (tertiary/aromatic N) is 2. The molecule has 0 bridgehead atoms. The van der Waals surface area contributed by atoms with E-state index in [1.165, 1.54) is 16.4 Å². The zero-order valence-electron chi connectivity index (χ0n) is 15.5. The van der Waals surface area contributed by atoms with Crippen LogP contribution in [0.1, 0.15) is 16.7 Å². The lowest BCUT2D eigenvalue weighted by Crippen LogP contribution is -2.17. The summed E-state index contributed by atoms with van der Waals surface area (Å²) >= 11 is 0.636. The first-order valence-corrected chi connectivity index (χ1v) is 9.41. The second-order valence-corrected chi connectivity index (χ2v) is 7.52. The van der Waals surface area contributed by atoms with Crippen LogP contribution in [0.3, 0.4) is 0 Å². The maximum Gasteiger partial charge on any atom is 0.198 e. The fraction of sp³-hybridized carbons (Fsp3) is 0.0952. The summed E-state index contributed by atoms with van der Waals surface area (Å²) < 4.78 is 70.7. The lowest BCUT2D eigenvalue weighted by Gasteiger charge is -2.22. The van der Waals surface area contributed by atoms with Gasteiger partial charge in [0.2, 0.25) is 0 Å². The largest absolute Gasteiger partial charge is 0.399 e. The Hall–Kier alpha value is -2.91. The van der Waals surface area contributed by atoms with Crippen molar-refractivity contribution in [1.29, 1.82) is 0 Å². The van der Waals surface area contributed by atoms with Crippen molar-refractivity contribution in [3.63, 3.8) is 0 Å². The molecule has 0 fully saturated rings. The number of pyridine rings is 1. The Balaban J connectivity index is 1.93. The molecule has 2 N–H and O–H groups in total. The van der Waals surface area contributed by atoms with Crippen LogP contribution in [0.4, 0.5) is 22.0 Å². The van der Waals surface area contributed by atoms with Crippen LogP contribution in [0.5, 0.6) is 0 Å². The number of hydrogen-bond acceptors (Lipinski definition) is 4. The molecule has 0 unspecified atom stereocenters. The predicted molar refractivity (Wildman–Crippen MR) is 105 cm³/mol. The van der Waals surface area contributed by atoms with Crippen molar-refractivity contribution >= 4 is 17.6 Å². The van der Waals surface area contributed by atoms with Crippen LogP contribution in [0.15, 0.2) is 60.3 Å². The van der Waals surface area contributed by atoms with E-state index in [1.807, 2.05) is 0 Å². The normalized spacial score (nSPS) is 11.1. The highest BCUT2D eigenvalue weighted by Gasteiger charge is 2.22. The molecule has 1 heterocycles. The molecule has 0 amide bonds. The minimum Gasteiger partial charge on any atom is -0.399 e. The smallest absolute Gasteiger partial charge is 0.198 e. The SMILES string of the molecule is C=C(N)c1ccc(CN(Cc2cccnc2)Sc2cc(F)c(F)c(F)c2F)c(F)c1. The summed E-state index contributed by atoms with van der Waals surface area (Å²) in [6.45, 7) is 3.64. The summed E-state index contributed by atoms with van der Waals surface area (Å²) in [5.41, 5.74) is 7.11. The molecule has 0 saturated carbocycles. The Morgan fingerprint density at radius 2 is 1.73 bits per heavy atom. The van der Waals surface area contributed by atoms with Gasteiger partial charge in [-0.2, -0.15) is 0 Å². The molecule has 3 aromatic rings. The second-order valence-electron chi connectivity index (χ2n) is 6.38. The molecule has 0 saturated heterocycles. The van der Waals surface area contributed by atoms with E-state index in [0.29, 0.717) is 29.1 Å². The van der Waals surface area contributed by atoms with E-state index in [1.54, 1.807) is 30.6 Å². The van der Waals surface area contributed by atoms with Crippen LogP contribution in [0, 0.1) is 29.1 Å². The maximum absolute atomic E-state index is 14.5. The summed E-state index contributed by atoms with van der Waals surface area (Å²) in [6.07, 6.45) is 3.11. The third-order valence-corrected chi connectivity index (χ3v) is 5.16. The Morgan fingerprint density at radius 3 is 2.37 bits per heavy atom. The fourth-order valence-corrected chi connectivity index (χ4v) is 3.66. The Bertz CT molecular complexity index is 1080. The Labute approximate surface area is 174 Å². The van der Waals surface area contributed by atoms with Crippen LogP contribution in [-0.2, 0) is 13.1 Å². The first-order valence-electron chi connectivity index (χ1n) is 8.64. The third kappa shape index (κ3) is 4.98. The van der Waals surface area contributed by atoms with Crippen LogP contribution in [0.25, 0.3) is 5.70 Å². The quantitative estimate of drug-likeness (QED) is 0.232. The van der Waals surface area contributed by atoms with Crippen molar-refractivity contribution in [2.75, 3.05) is 0 Å². The molecule has 2 aromatic carbocycles. The number of aromatic nitrogens is 1. The maximum atomic E-state index is 14.5. The molecule has 1 aromatic heterocycles. The lowest BCUT2D eigenvalue weighted by molar-refractivity contribution is 0.395. The van der Waals surface area contributed by atoms with E-state index in [9.17, 15) is 22.0 Å². The van der Waals surface area contributed by atoms with Gasteiger partial charge in [-0.1, -0.05) is 24.8 Å². The van der Waals surface area contributed by atoms with Crippen molar-refractivity contribution in [2.45, 2.75) is 18.0 Å². The van der Waals surface area contributed by atoms with Crippen molar-refractivity contribution in [3.05, 3.63) is 101 Å². The van der Waals surface area contributed by atoms with Gasteiger partial charge in [0.05, 0.1) is 4.90 Å². The van der Waals surface area contributed by atoms with Gasteiger partial charge < -0.3 is 5.73 Å². The van der Waals surface area contributed by atoms with Gasteiger partial charge in [-0.25, -0.2) is 26.3 Å². The van der Waals surface area contributed by atoms with Gasteiger partial charge in [0, 0.05) is 36.7 Å². The van der Waals surface area contributed by atoms with Crippen molar-refractivity contribution < 1.29 is 22.0 Å². The molecule has 0 aliphatic carbocycles. The molecule has 9 heteroatoms. The van der Waals surface area contributed by atoms with Crippen LogP contribution in [0.2, 0.25) is 0 Å². The van der Waals surface area contributed by atoms with E-state index in [0.717, 1.165) is 0 Å². The van der Waals surface area contributed by atoms with Gasteiger partial charge in [-0.3, -0.25) is 4.98 Å². The monoisotopic (exact) mass is 437 g/mol. The van der Waals surface area contributed by atoms with Gasteiger partial charge in [-0.15, -0.1) is 0 Å². The number of hydrogen-bond donors (Lipinski definition) is 1. The van der Waals surface area contributed by atoms with Gasteiger partial charge in [0.25, 0.3) is 0 Å². The van der Waals surface area contributed by atoms with E-state index in [2.05, 4.69) is 11.6 Å². The topological polar surface area (TPSA) is 42.1 Å². The standard InChI is InChI=1S/C21H16F5N3S/c1-12(27)14-4-5-15(16(22)7-14)11-29(10-13-3-2-6-28-9-13)30-18-8-17(23)19(24)21(26)20(18)25/h2-9H,1,10-11,27H2. The van der Waals surface area contributed by atoms with Crippen LogP contribution < -0.4 is 5.73 Å². The fourth-order valence-electron chi connectivity index (χ4n) is 2.64. The highest BCUT2D eigenvalue weighted by atomic mass is 32.2. The summed E-state index contributed by atoms with van der Waals surface area (Å²) in [5.74, 6) is -7.41. The summed E-state index contributed by atoms with van der Waals surface area (Å²) in [7, 11) is 0. The Kier molecular flexibility index (Phi) is 6.73. The van der Waals surface area contributed by atoms with E-state index in [4.69, 9.17) is 5.73 Å². The molecule has 0 atom stereocenters. The summed E-state index contributed by atoms with van der Waals surface area (Å²) in [4.78, 5) is 3.51. The molecule has 3 rings (SSSR count). The number of benzene rings is 2. The van der Waals surface area contributed by atoms with Gasteiger partial charge >= 0.3 is 0 Å². The molecule has 156 valence electrons. The first kappa shape index (κ1) is 21.8. The number of rotatable bonds is 7. The number of nitrogens with two attached hydrogens (primary N) is 1. The molecule has 0 aliphatic heterocycles. The highest BCUT2D eigenvalue weighted by molar-refractivity contribution is 7.97. The van der Waals surface area contributed by atoms with E-state index < -0.39 is 34.0 Å². The predicted octanol–water partition coefficient (Wildman–Crippen LogP) is 5.42. The molecule has 30 heavy (non-hydrogen) atoms. The summed E-state index contributed by atoms with van der Waals surface area (Å²) in [5, 5.41) is 0. The van der Waals surface area contributed by atoms with Crippen molar-refractivity contribution in [3.8, 4) is 0 Å². The zero-order chi connectivity index (χ0) is 21.8. The molecular formula is C21H16F5N3S. The Morgan fingerprint density at radius 1 is 0.967 bits per heavy atom. The minimum absolute atomic E-state index is 0.0528. The van der Waals surface area contributed by atoms with Crippen molar-refractivity contribution in [1.82, 2.24) is 9.29 Å². The number of halogens is 5. The van der Waals surface area contributed by atoms with Gasteiger partial charge in [0.1, 0.15) is 5.82 Å². The highest BCUT2D eigenvalue weighted by Crippen LogP contribution is 2.32. The molecular weight excluding hydrogens is 421 g/mol. The third-order valence-electron chi connectivity index (χ3n) is 4.15. The lowest BCUT2D eigenvalue weighted by atomic mass is 10.1. The second kappa shape index (κ2) is 9.27. The van der Waals surface area contributed by atoms with Gasteiger partial charge in [0.15, 0.2) is 23.3 Å². The molecule has 0 spiro atoms. The van der Waals surface area contributed by atoms with Crippen molar-refractivity contribution in [2.24, 2.45) is 5.73 Å². The summed E-state index contributed by atoms with van der Waals surface area (Å²) in [6, 6.07) is 8.25. The molecule has 3 nitrogen and oxygen atoms in total. The van der Waals surface area contributed by atoms with Crippen LogP contribution >= 0.6 is 11.9 Å². The molecule has 0 radical (unpaired) electrons.